The van der Waals surface area contributed by atoms with Crippen LogP contribution in [0.1, 0.15) is 37.7 Å². The average Bonchev–Trinajstić information content (AvgIpc) is 3.50. The quantitative estimate of drug-likeness (QED) is 0.562. The van der Waals surface area contributed by atoms with Gasteiger partial charge in [0.1, 0.15) is 11.0 Å². The van der Waals surface area contributed by atoms with Crippen LogP contribution in [-0.2, 0) is 9.59 Å². The highest BCUT2D eigenvalue weighted by molar-refractivity contribution is 7.18. The maximum absolute atomic E-state index is 13.3. The minimum Gasteiger partial charge on any atom is -0.378 e. The molecule has 1 aliphatic heterocycles. The van der Waals surface area contributed by atoms with Gasteiger partial charge in [-0.2, -0.15) is 0 Å². The van der Waals surface area contributed by atoms with Gasteiger partial charge in [-0.3, -0.25) is 14.9 Å². The minimum absolute atomic E-state index is 0.0142. The number of hydrogen-bond donors (Lipinski definition) is 1. The van der Waals surface area contributed by atoms with Crippen LogP contribution in [0.25, 0.3) is 10.6 Å². The Bertz CT molecular complexity index is 1100. The highest BCUT2D eigenvalue weighted by atomic mass is 32.1. The van der Waals surface area contributed by atoms with Gasteiger partial charge in [-0.1, -0.05) is 48.6 Å². The van der Waals surface area contributed by atoms with Crippen molar-refractivity contribution in [2.24, 2.45) is 0 Å². The molecule has 33 heavy (non-hydrogen) atoms. The molecule has 2 amide bonds. The number of hydrogen-bond acceptors (Lipinski definition) is 6. The Hall–Kier alpha value is -3.26. The van der Waals surface area contributed by atoms with Crippen LogP contribution in [0.4, 0.5) is 10.8 Å². The number of rotatable bonds is 7. The lowest BCUT2D eigenvalue weighted by atomic mass is 9.94. The van der Waals surface area contributed by atoms with Crippen LogP contribution in [-0.4, -0.2) is 53.6 Å². The van der Waals surface area contributed by atoms with Crippen LogP contribution >= 0.6 is 11.3 Å². The fraction of sp³-hybridized carbons (Fsp3) is 0.360. The molecule has 1 aliphatic rings. The van der Waals surface area contributed by atoms with Crippen molar-refractivity contribution < 1.29 is 9.59 Å². The lowest BCUT2D eigenvalue weighted by Gasteiger charge is -2.27. The van der Waals surface area contributed by atoms with Gasteiger partial charge in [0, 0.05) is 31.9 Å². The third kappa shape index (κ3) is 5.06. The summed E-state index contributed by atoms with van der Waals surface area (Å²) in [4.78, 5) is 30.2. The fourth-order valence-corrected chi connectivity index (χ4v) is 4.97. The number of nitrogens with zero attached hydrogens (tertiary/aromatic N) is 4. The van der Waals surface area contributed by atoms with Gasteiger partial charge in [0.2, 0.25) is 16.9 Å². The van der Waals surface area contributed by atoms with Crippen LogP contribution < -0.4 is 10.2 Å². The van der Waals surface area contributed by atoms with E-state index in [9.17, 15) is 9.59 Å². The van der Waals surface area contributed by atoms with E-state index in [4.69, 9.17) is 0 Å². The molecule has 8 heteroatoms. The monoisotopic (exact) mass is 463 g/mol. The summed E-state index contributed by atoms with van der Waals surface area (Å²) in [5.74, 6) is -0.424. The topological polar surface area (TPSA) is 78.4 Å². The molecular weight excluding hydrogens is 434 g/mol. The van der Waals surface area contributed by atoms with Crippen molar-refractivity contribution in [3.05, 3.63) is 60.2 Å². The molecule has 1 fully saturated rings. The van der Waals surface area contributed by atoms with Crippen molar-refractivity contribution in [1.82, 2.24) is 15.1 Å². The van der Waals surface area contributed by atoms with Gasteiger partial charge in [-0.05, 0) is 49.1 Å². The van der Waals surface area contributed by atoms with E-state index in [0.717, 1.165) is 28.2 Å². The summed E-state index contributed by atoms with van der Waals surface area (Å²) < 4.78 is 0. The van der Waals surface area contributed by atoms with E-state index in [0.29, 0.717) is 24.5 Å². The molecule has 3 aromatic rings. The summed E-state index contributed by atoms with van der Waals surface area (Å²) in [6.45, 7) is 2.61. The van der Waals surface area contributed by atoms with E-state index in [2.05, 4.69) is 15.5 Å². The van der Waals surface area contributed by atoms with Crippen LogP contribution in [0.2, 0.25) is 0 Å². The molecule has 7 nitrogen and oxygen atoms in total. The average molecular weight is 464 g/mol. The molecule has 0 saturated carbocycles. The third-order valence-electron chi connectivity index (χ3n) is 6.03. The van der Waals surface area contributed by atoms with Gasteiger partial charge in [0.05, 0.1) is 5.92 Å². The van der Waals surface area contributed by atoms with E-state index in [1.807, 2.05) is 80.5 Å². The predicted octanol–water partition coefficient (Wildman–Crippen LogP) is 4.39. The fourth-order valence-electron chi connectivity index (χ4n) is 4.22. The first-order valence-electron chi connectivity index (χ1n) is 11.3. The Morgan fingerprint density at radius 1 is 1.12 bits per heavy atom. The van der Waals surface area contributed by atoms with Crippen LogP contribution in [0.5, 0.6) is 0 Å². The molecule has 2 unspecified atom stereocenters. The van der Waals surface area contributed by atoms with E-state index < -0.39 is 6.04 Å². The second-order valence-electron chi connectivity index (χ2n) is 8.40. The molecule has 2 heterocycles. The van der Waals surface area contributed by atoms with E-state index in [1.165, 1.54) is 11.3 Å². The molecule has 2 atom stereocenters. The Labute approximate surface area is 198 Å². The highest BCUT2D eigenvalue weighted by Crippen LogP contribution is 2.30. The molecule has 0 radical (unpaired) electrons. The van der Waals surface area contributed by atoms with Crippen molar-refractivity contribution >= 4 is 34.0 Å². The summed E-state index contributed by atoms with van der Waals surface area (Å²) in [7, 11) is 3.99. The highest BCUT2D eigenvalue weighted by Gasteiger charge is 2.37. The van der Waals surface area contributed by atoms with Gasteiger partial charge in [-0.15, -0.1) is 10.2 Å². The molecule has 172 valence electrons. The first-order valence-corrected chi connectivity index (χ1v) is 12.1. The zero-order valence-electron chi connectivity index (χ0n) is 19.2. The largest absolute Gasteiger partial charge is 0.378 e. The van der Waals surface area contributed by atoms with Crippen LogP contribution in [0.3, 0.4) is 0 Å². The zero-order chi connectivity index (χ0) is 23.4. The van der Waals surface area contributed by atoms with Gasteiger partial charge in [0.25, 0.3) is 0 Å². The van der Waals surface area contributed by atoms with Crippen molar-refractivity contribution in [1.29, 1.82) is 0 Å². The maximum Gasteiger partial charge on any atom is 0.249 e. The Kier molecular flexibility index (Phi) is 7.03. The molecule has 1 aromatic heterocycles. The van der Waals surface area contributed by atoms with Gasteiger partial charge in [-0.25, -0.2) is 0 Å². The lowest BCUT2D eigenvalue weighted by molar-refractivity contribution is -0.138. The standard InChI is InChI=1S/C25H29N5O2S/c1-4-20(17-9-6-5-7-10-17)24(32)30-16-8-11-21(30)22(31)26-25-28-27-23(33-25)18-12-14-19(15-13-18)29(2)3/h5-7,9-10,12-15,20-21H,4,8,11,16H2,1-3H3,(H,26,28,31). The summed E-state index contributed by atoms with van der Waals surface area (Å²) >= 11 is 1.33. The van der Waals surface area contributed by atoms with Gasteiger partial charge in [0.15, 0.2) is 0 Å². The molecule has 2 aromatic carbocycles. The van der Waals surface area contributed by atoms with Crippen molar-refractivity contribution in [3.8, 4) is 10.6 Å². The number of aromatic nitrogens is 2. The number of benzene rings is 2. The molecule has 1 saturated heterocycles. The lowest BCUT2D eigenvalue weighted by Crippen LogP contribution is -2.45. The second-order valence-corrected chi connectivity index (χ2v) is 9.38. The molecular formula is C25H29N5O2S. The zero-order valence-corrected chi connectivity index (χ0v) is 20.0. The third-order valence-corrected chi connectivity index (χ3v) is 6.92. The minimum atomic E-state index is -0.484. The van der Waals surface area contributed by atoms with E-state index in [1.54, 1.807) is 4.90 Å². The predicted molar refractivity (Wildman–Crippen MR) is 133 cm³/mol. The van der Waals surface area contributed by atoms with E-state index >= 15 is 0 Å². The SMILES string of the molecule is CCC(C(=O)N1CCCC1C(=O)Nc1nnc(-c2ccc(N(C)C)cc2)s1)c1ccccc1. The van der Waals surface area contributed by atoms with Crippen molar-refractivity contribution in [2.45, 2.75) is 38.1 Å². The smallest absolute Gasteiger partial charge is 0.249 e. The Balaban J connectivity index is 1.44. The molecule has 0 bridgehead atoms. The normalized spacial score (nSPS) is 16.5. The van der Waals surface area contributed by atoms with Gasteiger partial charge >= 0.3 is 0 Å². The molecule has 0 spiro atoms. The van der Waals surface area contributed by atoms with Crippen molar-refractivity contribution in [3.63, 3.8) is 0 Å². The molecule has 4 rings (SSSR count). The first kappa shape index (κ1) is 22.9. The number of nitrogens with one attached hydrogen (secondary N) is 1. The summed E-state index contributed by atoms with van der Waals surface area (Å²) in [5, 5.41) is 12.5. The maximum atomic E-state index is 13.3. The Morgan fingerprint density at radius 3 is 2.52 bits per heavy atom. The second kappa shape index (κ2) is 10.1. The Morgan fingerprint density at radius 2 is 1.85 bits per heavy atom. The number of carbonyl (C=O) groups excluding carboxylic acids is 2. The molecule has 1 N–H and O–H groups in total. The van der Waals surface area contributed by atoms with Gasteiger partial charge < -0.3 is 9.80 Å². The summed E-state index contributed by atoms with van der Waals surface area (Å²) in [6, 6.07) is 17.3. The van der Waals surface area contributed by atoms with Crippen molar-refractivity contribution in [2.75, 3.05) is 30.9 Å². The number of carbonyl (C=O) groups is 2. The number of amides is 2. The summed E-state index contributed by atoms with van der Waals surface area (Å²) in [5.41, 5.74) is 3.04. The summed E-state index contributed by atoms with van der Waals surface area (Å²) in [6.07, 6.45) is 2.16. The first-order chi connectivity index (χ1) is 16.0. The van der Waals surface area contributed by atoms with E-state index in [-0.39, 0.29) is 17.7 Å². The number of anilines is 2. The molecule has 0 aliphatic carbocycles. The van der Waals surface area contributed by atoms with Crippen LogP contribution in [0, 0.1) is 0 Å². The number of likely N-dealkylation sites (tertiary alicyclic amines) is 1. The van der Waals surface area contributed by atoms with Crippen LogP contribution in [0.15, 0.2) is 54.6 Å².